The van der Waals surface area contributed by atoms with E-state index in [9.17, 15) is 19.2 Å². The summed E-state index contributed by atoms with van der Waals surface area (Å²) in [5.41, 5.74) is 5.54. The van der Waals surface area contributed by atoms with Gasteiger partial charge in [-0.2, -0.15) is 0 Å². The lowest BCUT2D eigenvalue weighted by molar-refractivity contribution is -0.492. The molecule has 19 heteroatoms. The number of methoxy groups -OCH3 is 2. The number of hydrogen-bond acceptors (Lipinski definition) is 16. The Balaban J connectivity index is 3.58. The number of unbranched alkanes of at least 4 members (excludes halogenated alkanes) is 4. The topological polar surface area (TPSA) is 261 Å². The van der Waals surface area contributed by atoms with Crippen LogP contribution in [0.3, 0.4) is 0 Å². The van der Waals surface area contributed by atoms with E-state index in [-0.39, 0.29) is 79.4 Å². The number of amides is 3. The fourth-order valence-corrected chi connectivity index (χ4v) is 6.53. The molecule has 0 aliphatic rings. The zero-order valence-corrected chi connectivity index (χ0v) is 37.6. The van der Waals surface area contributed by atoms with Crippen LogP contribution in [0.25, 0.3) is 0 Å². The first-order chi connectivity index (χ1) is 28.8. The Labute approximate surface area is 361 Å². The second kappa shape index (κ2) is 30.4. The Morgan fingerprint density at radius 2 is 1.39 bits per heavy atom. The van der Waals surface area contributed by atoms with E-state index in [1.165, 1.54) is 0 Å². The monoisotopic (exact) mass is 874 g/mol. The molecule has 0 radical (unpaired) electrons. The number of benzene rings is 1. The van der Waals surface area contributed by atoms with Gasteiger partial charge in [-0.25, -0.2) is 0 Å². The van der Waals surface area contributed by atoms with Gasteiger partial charge in [-0.3, -0.25) is 49.7 Å². The molecule has 3 amide bonds. The molecular weight excluding hydrogens is 798 g/mol. The molecule has 4 unspecified atom stereocenters. The summed E-state index contributed by atoms with van der Waals surface area (Å²) in [6.07, 6.45) is 3.80. The van der Waals surface area contributed by atoms with Crippen molar-refractivity contribution in [1.82, 2.24) is 21.4 Å². The van der Waals surface area contributed by atoms with E-state index in [0.29, 0.717) is 82.5 Å². The van der Waals surface area contributed by atoms with Crippen molar-refractivity contribution in [3.8, 4) is 11.5 Å². The first-order valence-electron chi connectivity index (χ1n) is 21.3. The largest absolute Gasteiger partial charge is 0.493 e. The minimum Gasteiger partial charge on any atom is -0.493 e. The highest BCUT2D eigenvalue weighted by Crippen LogP contribution is 2.33. The molecule has 352 valence electrons. The summed E-state index contributed by atoms with van der Waals surface area (Å²) in [5, 5.41) is 40.5. The standard InChI is InChI=1S/C42H75N5O14/c1-29(2)32(24-31-18-19-35(57-8)37(25-31)58-21-15-20-56-7)26-34(45-38(48)16-11-9-13-22-59-46(52)53)36(61-39(49)17-12-10-14-23-60-47(54)55)27-33(30(3)4)40(50)44-28-42(5,6)41(43)51/h18-19,25,29-30,32-34,36,52-55H,9-17,20-24,26-28H2,1-8H3,(H2,43,51)(H,44,50)(H,45,48). The summed E-state index contributed by atoms with van der Waals surface area (Å²) >= 11 is 0. The Hall–Kier alpha value is -3.66. The van der Waals surface area contributed by atoms with Gasteiger partial charge >= 0.3 is 5.97 Å². The average molecular weight is 874 g/mol. The number of nitrogens with zero attached hydrogens (tertiary/aromatic N) is 2. The van der Waals surface area contributed by atoms with E-state index in [4.69, 9.17) is 45.5 Å². The lowest BCUT2D eigenvalue weighted by Crippen LogP contribution is -2.50. The van der Waals surface area contributed by atoms with Gasteiger partial charge in [-0.1, -0.05) is 46.6 Å². The number of esters is 1. The fourth-order valence-electron chi connectivity index (χ4n) is 6.53. The summed E-state index contributed by atoms with van der Waals surface area (Å²) in [6.45, 7) is 12.2. The third-order valence-corrected chi connectivity index (χ3v) is 10.5. The Kier molecular flexibility index (Phi) is 27.6. The first-order valence-corrected chi connectivity index (χ1v) is 21.3. The third-order valence-electron chi connectivity index (χ3n) is 10.5. The Bertz CT molecular complexity index is 1410. The van der Waals surface area contributed by atoms with Crippen LogP contribution >= 0.6 is 0 Å². The minimum absolute atomic E-state index is 0.00189. The molecule has 4 atom stereocenters. The number of carbonyl (C=O) groups is 4. The molecular formula is C42H75N5O14. The highest BCUT2D eigenvalue weighted by atomic mass is 17.1. The molecule has 19 nitrogen and oxygen atoms in total. The first kappa shape index (κ1) is 55.4. The van der Waals surface area contributed by atoms with Crippen molar-refractivity contribution in [2.24, 2.45) is 34.8 Å². The van der Waals surface area contributed by atoms with E-state index >= 15 is 0 Å². The molecule has 61 heavy (non-hydrogen) atoms. The van der Waals surface area contributed by atoms with Crippen molar-refractivity contribution >= 4 is 23.7 Å². The predicted octanol–water partition coefficient (Wildman–Crippen LogP) is 5.15. The maximum Gasteiger partial charge on any atom is 0.306 e. The van der Waals surface area contributed by atoms with Crippen LogP contribution in [0, 0.1) is 29.1 Å². The number of hydrogen-bond donors (Lipinski definition) is 7. The summed E-state index contributed by atoms with van der Waals surface area (Å²) in [7, 11) is 3.21. The zero-order chi connectivity index (χ0) is 46.0. The Morgan fingerprint density at radius 1 is 0.770 bits per heavy atom. The van der Waals surface area contributed by atoms with E-state index in [2.05, 4.69) is 34.2 Å². The van der Waals surface area contributed by atoms with Crippen LogP contribution in [0.2, 0.25) is 0 Å². The normalized spacial score (nSPS) is 13.9. The average Bonchev–Trinajstić information content (AvgIpc) is 3.18. The molecule has 1 aromatic carbocycles. The van der Waals surface area contributed by atoms with Crippen molar-refractivity contribution < 1.29 is 68.6 Å². The zero-order valence-electron chi connectivity index (χ0n) is 37.6. The number of primary amides is 1. The number of nitrogens with one attached hydrogen (secondary N) is 2. The van der Waals surface area contributed by atoms with E-state index < -0.39 is 35.4 Å². The smallest absolute Gasteiger partial charge is 0.306 e. The van der Waals surface area contributed by atoms with Gasteiger partial charge in [0.1, 0.15) is 6.10 Å². The van der Waals surface area contributed by atoms with Gasteiger partial charge < -0.3 is 35.3 Å². The van der Waals surface area contributed by atoms with Gasteiger partial charge in [0.25, 0.3) is 0 Å². The van der Waals surface area contributed by atoms with E-state index in [0.717, 1.165) is 5.56 Å². The minimum atomic E-state index is -1.01. The van der Waals surface area contributed by atoms with Crippen LogP contribution in [0.15, 0.2) is 18.2 Å². The van der Waals surface area contributed by atoms with Crippen LogP contribution in [0.4, 0.5) is 0 Å². The van der Waals surface area contributed by atoms with Crippen LogP contribution in [-0.4, -0.2) is 115 Å². The summed E-state index contributed by atoms with van der Waals surface area (Å²) < 4.78 is 23.0. The van der Waals surface area contributed by atoms with Crippen molar-refractivity contribution in [1.29, 1.82) is 0 Å². The quantitative estimate of drug-likeness (QED) is 0.0264. The predicted molar refractivity (Wildman–Crippen MR) is 222 cm³/mol. The molecule has 0 bridgehead atoms. The van der Waals surface area contributed by atoms with Crippen LogP contribution in [-0.2, 0) is 44.7 Å². The van der Waals surface area contributed by atoms with Crippen LogP contribution in [0.5, 0.6) is 11.5 Å². The van der Waals surface area contributed by atoms with Crippen molar-refractivity contribution in [3.63, 3.8) is 0 Å². The molecule has 1 aromatic rings. The van der Waals surface area contributed by atoms with Crippen molar-refractivity contribution in [2.45, 2.75) is 131 Å². The highest BCUT2D eigenvalue weighted by Gasteiger charge is 2.36. The molecule has 0 fully saturated rings. The SMILES string of the molecule is COCCCOc1cc(CC(CC(NC(=O)CCCCCON(O)O)C(CC(C(=O)NCC(C)(C)C(N)=O)C(C)C)OC(=O)CCCCCON(O)O)C(C)C)ccc1OC. The lowest BCUT2D eigenvalue weighted by Gasteiger charge is -2.35. The van der Waals surface area contributed by atoms with Gasteiger partial charge in [0.15, 0.2) is 11.5 Å². The molecule has 0 aromatic heterocycles. The van der Waals surface area contributed by atoms with Crippen LogP contribution < -0.4 is 25.8 Å². The molecule has 0 heterocycles. The van der Waals surface area contributed by atoms with Gasteiger partial charge in [0, 0.05) is 45.4 Å². The molecule has 8 N–H and O–H groups in total. The van der Waals surface area contributed by atoms with E-state index in [1.54, 1.807) is 28.1 Å². The molecule has 0 saturated heterocycles. The second-order valence-electron chi connectivity index (χ2n) is 16.7. The molecule has 0 spiro atoms. The number of rotatable bonds is 35. The molecule has 0 aliphatic heterocycles. The number of nitrogens with two attached hydrogens (primary N) is 1. The number of carbonyl (C=O) groups excluding carboxylic acids is 4. The van der Waals surface area contributed by atoms with Gasteiger partial charge in [0.05, 0.1) is 49.2 Å². The summed E-state index contributed by atoms with van der Waals surface area (Å²) in [5.74, 6) is -1.43. The van der Waals surface area contributed by atoms with E-state index in [1.807, 2.05) is 32.0 Å². The highest BCUT2D eigenvalue weighted by molar-refractivity contribution is 5.83. The fraction of sp³-hybridized carbons (Fsp3) is 0.762. The summed E-state index contributed by atoms with van der Waals surface area (Å²) in [4.78, 5) is 62.5. The third kappa shape index (κ3) is 24.0. The van der Waals surface area contributed by atoms with Crippen molar-refractivity contribution in [2.75, 3.05) is 47.2 Å². The Morgan fingerprint density at radius 3 is 1.93 bits per heavy atom. The molecule has 0 saturated carbocycles. The lowest BCUT2D eigenvalue weighted by atomic mass is 9.80. The summed E-state index contributed by atoms with van der Waals surface area (Å²) in [6, 6.07) is 5.04. The number of ether oxygens (including phenoxy) is 4. The maximum atomic E-state index is 13.9. The second-order valence-corrected chi connectivity index (χ2v) is 16.7. The van der Waals surface area contributed by atoms with Gasteiger partial charge in [0.2, 0.25) is 17.7 Å². The van der Waals surface area contributed by atoms with Crippen molar-refractivity contribution in [3.05, 3.63) is 23.8 Å². The van der Waals surface area contributed by atoms with Crippen LogP contribution in [0.1, 0.15) is 118 Å². The molecule has 0 aliphatic carbocycles. The molecule has 1 rings (SSSR count). The van der Waals surface area contributed by atoms with Gasteiger partial charge in [-0.15, -0.1) is 0 Å². The maximum absolute atomic E-state index is 13.9. The van der Waals surface area contributed by atoms with Gasteiger partial charge in [-0.05, 0) is 94.2 Å².